The highest BCUT2D eigenvalue weighted by atomic mass is 35.5. The molecule has 1 N–H and O–H groups in total. The summed E-state index contributed by atoms with van der Waals surface area (Å²) < 4.78 is 19.3. The van der Waals surface area contributed by atoms with Gasteiger partial charge in [0, 0.05) is 23.7 Å². The van der Waals surface area contributed by atoms with Crippen molar-refractivity contribution in [3.8, 4) is 5.75 Å². The second-order valence-corrected chi connectivity index (χ2v) is 6.08. The van der Waals surface area contributed by atoms with Gasteiger partial charge in [-0.1, -0.05) is 35.4 Å². The van der Waals surface area contributed by atoms with Crippen molar-refractivity contribution < 1.29 is 14.2 Å². The van der Waals surface area contributed by atoms with Gasteiger partial charge in [-0.25, -0.2) is 4.39 Å². The highest BCUT2D eigenvalue weighted by Gasteiger charge is 2.13. The summed E-state index contributed by atoms with van der Waals surface area (Å²) in [6.45, 7) is 2.86. The molecule has 23 heavy (non-hydrogen) atoms. The number of aliphatic hydroxyl groups is 1. The van der Waals surface area contributed by atoms with Crippen LogP contribution in [0.15, 0.2) is 42.5 Å². The number of rotatable bonds is 7. The fraction of sp³-hybridized carbons (Fsp3) is 0.333. The maximum Gasteiger partial charge on any atom is 0.129 e. The van der Waals surface area contributed by atoms with E-state index in [0.29, 0.717) is 23.7 Å². The maximum atomic E-state index is 13.8. The quantitative estimate of drug-likeness (QED) is 0.837. The third-order valence-electron chi connectivity index (χ3n) is 3.48. The Labute approximate surface area is 141 Å². The van der Waals surface area contributed by atoms with Crippen LogP contribution in [0.4, 0.5) is 4.39 Å². The van der Waals surface area contributed by atoms with Gasteiger partial charge in [-0.2, -0.15) is 0 Å². The fourth-order valence-corrected chi connectivity index (χ4v) is 2.48. The molecule has 0 radical (unpaired) electrons. The predicted octanol–water partition coefficient (Wildman–Crippen LogP) is 3.66. The van der Waals surface area contributed by atoms with Crippen LogP contribution in [-0.4, -0.2) is 36.3 Å². The molecular formula is C18H21ClFNO2. The summed E-state index contributed by atoms with van der Waals surface area (Å²) in [5, 5.41) is 10.4. The van der Waals surface area contributed by atoms with Gasteiger partial charge in [0.15, 0.2) is 0 Å². The van der Waals surface area contributed by atoms with Crippen molar-refractivity contribution in [3.63, 3.8) is 0 Å². The van der Waals surface area contributed by atoms with Gasteiger partial charge < -0.3 is 9.84 Å². The lowest BCUT2D eigenvalue weighted by atomic mass is 10.2. The first-order valence-electron chi connectivity index (χ1n) is 7.44. The van der Waals surface area contributed by atoms with Crippen molar-refractivity contribution in [3.05, 3.63) is 64.4 Å². The topological polar surface area (TPSA) is 32.7 Å². The third-order valence-corrected chi connectivity index (χ3v) is 3.83. The molecule has 2 aromatic carbocycles. The Balaban J connectivity index is 1.82. The van der Waals surface area contributed by atoms with Crippen LogP contribution in [0.2, 0.25) is 5.02 Å². The Morgan fingerprint density at radius 2 is 1.91 bits per heavy atom. The van der Waals surface area contributed by atoms with Crippen molar-refractivity contribution in [1.29, 1.82) is 0 Å². The smallest absolute Gasteiger partial charge is 0.129 e. The standard InChI is InChI=1S/C18H21ClFNO2/c1-13-6-8-15(9-7-13)23-12-14(22)10-21(2)11-16-17(19)4-3-5-18(16)20/h3-9,14,22H,10-12H2,1-2H3. The van der Waals surface area contributed by atoms with E-state index < -0.39 is 6.10 Å². The largest absolute Gasteiger partial charge is 0.491 e. The lowest BCUT2D eigenvalue weighted by molar-refractivity contribution is 0.0741. The average Bonchev–Trinajstić information content (AvgIpc) is 2.50. The van der Waals surface area contributed by atoms with E-state index in [1.54, 1.807) is 19.2 Å². The molecule has 1 atom stereocenters. The molecule has 2 aromatic rings. The molecule has 5 heteroatoms. The first-order chi connectivity index (χ1) is 11.0. The molecule has 3 nitrogen and oxygen atoms in total. The summed E-state index contributed by atoms with van der Waals surface area (Å²) in [5.41, 5.74) is 1.59. The zero-order valence-electron chi connectivity index (χ0n) is 13.3. The molecule has 0 aliphatic rings. The van der Waals surface area contributed by atoms with Gasteiger partial charge in [0.1, 0.15) is 24.3 Å². The number of ether oxygens (including phenoxy) is 1. The number of hydrogen-bond acceptors (Lipinski definition) is 3. The maximum absolute atomic E-state index is 13.8. The van der Waals surface area contributed by atoms with Crippen molar-refractivity contribution in [2.24, 2.45) is 0 Å². The van der Waals surface area contributed by atoms with Gasteiger partial charge in [-0.3, -0.25) is 4.90 Å². The monoisotopic (exact) mass is 337 g/mol. The van der Waals surface area contributed by atoms with E-state index in [9.17, 15) is 9.50 Å². The zero-order valence-corrected chi connectivity index (χ0v) is 14.1. The molecule has 2 rings (SSSR count). The molecule has 0 heterocycles. The Morgan fingerprint density at radius 3 is 2.57 bits per heavy atom. The molecule has 0 saturated carbocycles. The van der Waals surface area contributed by atoms with Gasteiger partial charge in [0.05, 0.1) is 0 Å². The normalized spacial score (nSPS) is 12.4. The van der Waals surface area contributed by atoms with E-state index in [1.807, 2.05) is 36.1 Å². The van der Waals surface area contributed by atoms with Crippen LogP contribution in [0.25, 0.3) is 0 Å². The van der Waals surface area contributed by atoms with Crippen molar-refractivity contribution >= 4 is 11.6 Å². The van der Waals surface area contributed by atoms with Gasteiger partial charge in [0.25, 0.3) is 0 Å². The number of likely N-dealkylation sites (N-methyl/N-ethyl adjacent to an activating group) is 1. The van der Waals surface area contributed by atoms with Crippen LogP contribution in [0.5, 0.6) is 5.75 Å². The fourth-order valence-electron chi connectivity index (χ4n) is 2.26. The molecule has 0 fully saturated rings. The molecule has 1 unspecified atom stereocenters. The zero-order chi connectivity index (χ0) is 16.8. The molecule has 0 amide bonds. The molecule has 0 bridgehead atoms. The summed E-state index contributed by atoms with van der Waals surface area (Å²) in [4.78, 5) is 1.81. The molecule has 0 aliphatic heterocycles. The Bertz CT molecular complexity index is 613. The van der Waals surface area contributed by atoms with E-state index in [-0.39, 0.29) is 12.4 Å². The molecule has 0 spiro atoms. The van der Waals surface area contributed by atoms with Crippen LogP contribution in [-0.2, 0) is 6.54 Å². The van der Waals surface area contributed by atoms with Crippen LogP contribution < -0.4 is 4.74 Å². The lowest BCUT2D eigenvalue weighted by Crippen LogP contribution is -2.33. The summed E-state index contributed by atoms with van der Waals surface area (Å²) in [6.07, 6.45) is -0.674. The molecular weight excluding hydrogens is 317 g/mol. The van der Waals surface area contributed by atoms with Crippen LogP contribution in [0.3, 0.4) is 0 Å². The van der Waals surface area contributed by atoms with Crippen molar-refractivity contribution in [1.82, 2.24) is 4.90 Å². The number of hydrogen-bond donors (Lipinski definition) is 1. The molecule has 0 saturated heterocycles. The van der Waals surface area contributed by atoms with Crippen molar-refractivity contribution in [2.75, 3.05) is 20.2 Å². The number of benzene rings is 2. The van der Waals surface area contributed by atoms with Crippen molar-refractivity contribution in [2.45, 2.75) is 19.6 Å². The van der Waals surface area contributed by atoms with E-state index in [1.165, 1.54) is 6.07 Å². The van der Waals surface area contributed by atoms with E-state index in [4.69, 9.17) is 16.3 Å². The number of halogens is 2. The lowest BCUT2D eigenvalue weighted by Gasteiger charge is -2.21. The van der Waals surface area contributed by atoms with Gasteiger partial charge in [0.2, 0.25) is 0 Å². The van der Waals surface area contributed by atoms with E-state index in [2.05, 4.69) is 0 Å². The first-order valence-corrected chi connectivity index (χ1v) is 7.82. The number of nitrogens with zero attached hydrogens (tertiary/aromatic N) is 1. The van der Waals surface area contributed by atoms with Crippen LogP contribution >= 0.6 is 11.6 Å². The second kappa shape index (κ2) is 8.29. The van der Waals surface area contributed by atoms with Crippen LogP contribution in [0, 0.1) is 12.7 Å². The van der Waals surface area contributed by atoms with E-state index >= 15 is 0 Å². The number of aliphatic hydroxyl groups excluding tert-OH is 1. The minimum atomic E-state index is -0.674. The average molecular weight is 338 g/mol. The third kappa shape index (κ3) is 5.50. The SMILES string of the molecule is Cc1ccc(OCC(O)CN(C)Cc2c(F)cccc2Cl)cc1. The Hall–Kier alpha value is -1.62. The highest BCUT2D eigenvalue weighted by molar-refractivity contribution is 6.31. The summed E-state index contributed by atoms with van der Waals surface area (Å²) >= 11 is 6.01. The van der Waals surface area contributed by atoms with Gasteiger partial charge >= 0.3 is 0 Å². The summed E-state index contributed by atoms with van der Waals surface area (Å²) in [5.74, 6) is 0.379. The Morgan fingerprint density at radius 1 is 1.22 bits per heavy atom. The number of aryl methyl sites for hydroxylation is 1. The second-order valence-electron chi connectivity index (χ2n) is 5.67. The van der Waals surface area contributed by atoms with Crippen LogP contribution in [0.1, 0.15) is 11.1 Å². The predicted molar refractivity (Wildman–Crippen MR) is 90.4 cm³/mol. The molecule has 124 valence electrons. The summed E-state index contributed by atoms with van der Waals surface area (Å²) in [6, 6.07) is 12.2. The van der Waals surface area contributed by atoms with Gasteiger partial charge in [-0.15, -0.1) is 0 Å². The first kappa shape index (κ1) is 17.7. The Kier molecular flexibility index (Phi) is 6.39. The molecule has 0 aromatic heterocycles. The summed E-state index contributed by atoms with van der Waals surface area (Å²) in [7, 11) is 1.80. The minimum Gasteiger partial charge on any atom is -0.491 e. The highest BCUT2D eigenvalue weighted by Crippen LogP contribution is 2.20. The van der Waals surface area contributed by atoms with Gasteiger partial charge in [-0.05, 0) is 38.2 Å². The minimum absolute atomic E-state index is 0.179. The van der Waals surface area contributed by atoms with E-state index in [0.717, 1.165) is 11.3 Å². The molecule has 0 aliphatic carbocycles.